The van der Waals surface area contributed by atoms with Crippen LogP contribution in [0.3, 0.4) is 0 Å². The Morgan fingerprint density at radius 2 is 1.88 bits per heavy atom. The van der Waals surface area contributed by atoms with Gasteiger partial charge < -0.3 is 10.2 Å². The fourth-order valence-electron chi connectivity index (χ4n) is 3.47. The van der Waals surface area contributed by atoms with Crippen molar-refractivity contribution in [3.8, 4) is 0 Å². The summed E-state index contributed by atoms with van der Waals surface area (Å²) < 4.78 is 0. The van der Waals surface area contributed by atoms with Crippen LogP contribution in [0.15, 0.2) is 48.8 Å². The predicted molar refractivity (Wildman–Crippen MR) is 105 cm³/mol. The normalized spacial score (nSPS) is 14.4. The molecule has 2 aromatic carbocycles. The number of benzene rings is 2. The molecule has 1 N–H and O–H groups in total. The smallest absolute Gasteiger partial charge is 0.255 e. The molecule has 1 fully saturated rings. The molecule has 0 saturated carbocycles. The van der Waals surface area contributed by atoms with E-state index >= 15 is 0 Å². The van der Waals surface area contributed by atoms with E-state index in [0.29, 0.717) is 5.56 Å². The molecule has 26 heavy (non-hydrogen) atoms. The second-order valence-corrected chi connectivity index (χ2v) is 6.80. The number of hydrogen-bond acceptors (Lipinski definition) is 4. The van der Waals surface area contributed by atoms with E-state index in [4.69, 9.17) is 0 Å². The molecule has 3 aromatic rings. The van der Waals surface area contributed by atoms with Crippen LogP contribution in [0.2, 0.25) is 0 Å². The second kappa shape index (κ2) is 7.12. The monoisotopic (exact) mass is 346 g/mol. The van der Waals surface area contributed by atoms with Crippen LogP contribution in [0, 0.1) is 6.92 Å². The van der Waals surface area contributed by atoms with Gasteiger partial charge in [0.15, 0.2) is 0 Å². The van der Waals surface area contributed by atoms with Gasteiger partial charge in [-0.3, -0.25) is 4.79 Å². The lowest BCUT2D eigenvalue weighted by molar-refractivity contribution is 0.102. The largest absolute Gasteiger partial charge is 0.356 e. The van der Waals surface area contributed by atoms with Crippen molar-refractivity contribution in [3.63, 3.8) is 0 Å². The van der Waals surface area contributed by atoms with E-state index in [0.717, 1.165) is 41.1 Å². The molecule has 132 valence electrons. The van der Waals surface area contributed by atoms with Gasteiger partial charge in [0.05, 0.1) is 5.52 Å². The Morgan fingerprint density at radius 1 is 1.04 bits per heavy atom. The van der Waals surface area contributed by atoms with Crippen LogP contribution in [-0.4, -0.2) is 29.0 Å². The average Bonchev–Trinajstić information content (AvgIpc) is 2.68. The summed E-state index contributed by atoms with van der Waals surface area (Å²) in [6.07, 6.45) is 5.28. The molecule has 0 aliphatic carbocycles. The third-order valence-corrected chi connectivity index (χ3v) is 4.81. The van der Waals surface area contributed by atoms with Gasteiger partial charge in [0.2, 0.25) is 0 Å². The minimum Gasteiger partial charge on any atom is -0.356 e. The number of nitrogens with zero attached hydrogens (tertiary/aromatic N) is 3. The molecule has 0 spiro atoms. The molecule has 0 radical (unpaired) electrons. The number of aromatic nitrogens is 2. The van der Waals surface area contributed by atoms with E-state index in [1.807, 2.05) is 49.4 Å². The zero-order valence-corrected chi connectivity index (χ0v) is 14.9. The Bertz CT molecular complexity index is 948. The zero-order valence-electron chi connectivity index (χ0n) is 14.9. The molecule has 0 unspecified atom stereocenters. The first-order valence-corrected chi connectivity index (χ1v) is 9.08. The number of anilines is 2. The van der Waals surface area contributed by atoms with Gasteiger partial charge in [0, 0.05) is 29.7 Å². The molecule has 4 rings (SSSR count). The Labute approximate surface area is 153 Å². The van der Waals surface area contributed by atoms with Gasteiger partial charge in [-0.1, -0.05) is 17.7 Å². The summed E-state index contributed by atoms with van der Waals surface area (Å²) in [5.74, 6) is 0.853. The minimum absolute atomic E-state index is 0.107. The van der Waals surface area contributed by atoms with Crippen molar-refractivity contribution in [1.29, 1.82) is 0 Å². The van der Waals surface area contributed by atoms with Crippen molar-refractivity contribution in [2.45, 2.75) is 26.2 Å². The molecule has 0 bridgehead atoms. The fraction of sp³-hybridized carbons (Fsp3) is 0.286. The highest BCUT2D eigenvalue weighted by Gasteiger charge is 2.16. The van der Waals surface area contributed by atoms with Crippen molar-refractivity contribution >= 4 is 28.3 Å². The van der Waals surface area contributed by atoms with E-state index in [-0.39, 0.29) is 5.91 Å². The summed E-state index contributed by atoms with van der Waals surface area (Å²) in [7, 11) is 0. The maximum absolute atomic E-state index is 12.5. The van der Waals surface area contributed by atoms with Gasteiger partial charge >= 0.3 is 0 Å². The first-order chi connectivity index (χ1) is 12.7. The van der Waals surface area contributed by atoms with Gasteiger partial charge in [0.25, 0.3) is 5.91 Å². The maximum atomic E-state index is 12.5. The third-order valence-electron chi connectivity index (χ3n) is 4.81. The van der Waals surface area contributed by atoms with E-state index in [9.17, 15) is 4.79 Å². The molecule has 5 heteroatoms. The molecule has 1 aliphatic heterocycles. The van der Waals surface area contributed by atoms with Crippen LogP contribution in [0.4, 0.5) is 11.5 Å². The topological polar surface area (TPSA) is 58.1 Å². The number of aryl methyl sites for hydroxylation is 1. The van der Waals surface area contributed by atoms with Crippen LogP contribution in [0.5, 0.6) is 0 Å². The van der Waals surface area contributed by atoms with E-state index < -0.39 is 0 Å². The van der Waals surface area contributed by atoms with Crippen molar-refractivity contribution in [2.24, 2.45) is 0 Å². The van der Waals surface area contributed by atoms with Crippen molar-refractivity contribution < 1.29 is 4.79 Å². The third kappa shape index (κ3) is 3.38. The number of rotatable bonds is 3. The summed E-state index contributed by atoms with van der Waals surface area (Å²) in [6, 6.07) is 13.4. The van der Waals surface area contributed by atoms with Crippen LogP contribution in [0.25, 0.3) is 10.9 Å². The molecule has 2 heterocycles. The van der Waals surface area contributed by atoms with Gasteiger partial charge in [-0.25, -0.2) is 9.97 Å². The standard InChI is InChI=1S/C21H22N4O/c1-15-6-5-7-16(12-15)21(26)24-17-8-9-19-18(13-17)20(23-14-22-19)25-10-3-2-4-11-25/h5-9,12-14H,2-4,10-11H2,1H3,(H,24,26). The average molecular weight is 346 g/mol. The van der Waals surface area contributed by atoms with Gasteiger partial charge in [-0.2, -0.15) is 0 Å². The predicted octanol–water partition coefficient (Wildman–Crippen LogP) is 4.18. The highest BCUT2D eigenvalue weighted by Crippen LogP contribution is 2.28. The van der Waals surface area contributed by atoms with Crippen LogP contribution >= 0.6 is 0 Å². The molecule has 1 amide bonds. The maximum Gasteiger partial charge on any atom is 0.255 e. The van der Waals surface area contributed by atoms with Crippen molar-refractivity contribution in [2.75, 3.05) is 23.3 Å². The highest BCUT2D eigenvalue weighted by atomic mass is 16.1. The number of piperidine rings is 1. The highest BCUT2D eigenvalue weighted by molar-refractivity contribution is 6.05. The molecular weight excluding hydrogens is 324 g/mol. The van der Waals surface area contributed by atoms with E-state index in [1.54, 1.807) is 6.33 Å². The lowest BCUT2D eigenvalue weighted by Crippen LogP contribution is -2.30. The SMILES string of the molecule is Cc1cccc(C(=O)Nc2ccc3ncnc(N4CCCCC4)c3c2)c1. The molecular formula is C21H22N4O. The fourth-order valence-corrected chi connectivity index (χ4v) is 3.47. The zero-order chi connectivity index (χ0) is 17.9. The summed E-state index contributed by atoms with van der Waals surface area (Å²) in [4.78, 5) is 23.8. The number of hydrogen-bond donors (Lipinski definition) is 1. The second-order valence-electron chi connectivity index (χ2n) is 6.80. The first-order valence-electron chi connectivity index (χ1n) is 9.08. The Hall–Kier alpha value is -2.95. The van der Waals surface area contributed by atoms with Crippen molar-refractivity contribution in [1.82, 2.24) is 9.97 Å². The number of amides is 1. The summed E-state index contributed by atoms with van der Waals surface area (Å²) in [6.45, 7) is 4.02. The van der Waals surface area contributed by atoms with Gasteiger partial charge in [-0.15, -0.1) is 0 Å². The van der Waals surface area contributed by atoms with E-state index in [1.165, 1.54) is 19.3 Å². The van der Waals surface area contributed by atoms with Crippen molar-refractivity contribution in [3.05, 3.63) is 59.9 Å². The quantitative estimate of drug-likeness (QED) is 0.773. The molecule has 1 saturated heterocycles. The Kier molecular flexibility index (Phi) is 4.52. The number of fused-ring (bicyclic) bond motifs is 1. The molecule has 1 aliphatic rings. The number of carbonyl (C=O) groups is 1. The number of nitrogens with one attached hydrogen (secondary N) is 1. The van der Waals surface area contributed by atoms with Crippen LogP contribution < -0.4 is 10.2 Å². The molecule has 1 aromatic heterocycles. The van der Waals surface area contributed by atoms with E-state index in [2.05, 4.69) is 20.2 Å². The summed E-state index contributed by atoms with van der Waals surface area (Å²) in [5, 5.41) is 3.98. The Morgan fingerprint density at radius 3 is 2.69 bits per heavy atom. The lowest BCUT2D eigenvalue weighted by Gasteiger charge is -2.28. The molecule has 0 atom stereocenters. The Balaban J connectivity index is 1.65. The minimum atomic E-state index is -0.107. The summed E-state index contributed by atoms with van der Waals surface area (Å²) in [5.41, 5.74) is 3.38. The lowest BCUT2D eigenvalue weighted by atomic mass is 10.1. The van der Waals surface area contributed by atoms with Gasteiger partial charge in [-0.05, 0) is 56.5 Å². The summed E-state index contributed by atoms with van der Waals surface area (Å²) >= 11 is 0. The van der Waals surface area contributed by atoms with Gasteiger partial charge in [0.1, 0.15) is 12.1 Å². The first kappa shape index (κ1) is 16.5. The molecule has 5 nitrogen and oxygen atoms in total. The van der Waals surface area contributed by atoms with Crippen LogP contribution in [0.1, 0.15) is 35.2 Å². The number of carbonyl (C=O) groups excluding carboxylic acids is 1. The van der Waals surface area contributed by atoms with Crippen LogP contribution in [-0.2, 0) is 0 Å².